The first-order chi connectivity index (χ1) is 17.0. The van der Waals surface area contributed by atoms with E-state index in [-0.39, 0.29) is 11.9 Å². The van der Waals surface area contributed by atoms with Gasteiger partial charge in [-0.1, -0.05) is 26.0 Å². The topological polar surface area (TPSA) is 123 Å². The van der Waals surface area contributed by atoms with E-state index in [1.165, 1.54) is 6.33 Å². The number of hydrogen-bond donors (Lipinski definition) is 3. The maximum absolute atomic E-state index is 12.5. The Morgan fingerprint density at radius 2 is 1.86 bits per heavy atom. The highest BCUT2D eigenvalue weighted by molar-refractivity contribution is 5.99. The summed E-state index contributed by atoms with van der Waals surface area (Å²) in [5.41, 5.74) is 3.75. The number of rotatable bonds is 6. The number of ether oxygens (including phenoxy) is 1. The normalized spacial score (nSPS) is 11.1. The van der Waals surface area contributed by atoms with Crippen molar-refractivity contribution in [3.8, 4) is 22.8 Å². The minimum absolute atomic E-state index is 0.276. The van der Waals surface area contributed by atoms with Gasteiger partial charge >= 0.3 is 6.03 Å². The second kappa shape index (κ2) is 9.26. The average molecular weight is 469 g/mol. The number of benzene rings is 2. The van der Waals surface area contributed by atoms with Crippen molar-refractivity contribution in [2.24, 2.45) is 7.05 Å². The van der Waals surface area contributed by atoms with Gasteiger partial charge in [0, 0.05) is 24.4 Å². The number of aryl methyl sites for hydroxylation is 1. The Morgan fingerprint density at radius 1 is 1.06 bits per heavy atom. The molecule has 10 heteroatoms. The molecular formula is C25H24N8O2. The van der Waals surface area contributed by atoms with Gasteiger partial charge < -0.3 is 10.1 Å². The van der Waals surface area contributed by atoms with Crippen molar-refractivity contribution in [1.82, 2.24) is 29.9 Å². The minimum atomic E-state index is -0.352. The highest BCUT2D eigenvalue weighted by Gasteiger charge is 2.14. The average Bonchev–Trinajstić information content (AvgIpc) is 3.47. The Balaban J connectivity index is 1.29. The molecule has 3 N–H and O–H groups in total. The SMILES string of the molecule is CC(C)c1cc(NC(=O)Nc2ccc(Oc3ccccc3-c3ncnc4[nH]ncc34)cc2)n(C)n1. The molecule has 3 heterocycles. The lowest BCUT2D eigenvalue weighted by molar-refractivity contribution is 0.262. The third-order valence-corrected chi connectivity index (χ3v) is 5.46. The van der Waals surface area contributed by atoms with Gasteiger partial charge in [0.25, 0.3) is 0 Å². The Labute approximate surface area is 201 Å². The van der Waals surface area contributed by atoms with Crippen LogP contribution >= 0.6 is 0 Å². The molecular weight excluding hydrogens is 444 g/mol. The maximum Gasteiger partial charge on any atom is 0.324 e. The predicted octanol–water partition coefficient (Wildman–Crippen LogP) is 5.31. The second-order valence-corrected chi connectivity index (χ2v) is 8.29. The predicted molar refractivity (Wildman–Crippen MR) is 134 cm³/mol. The molecule has 0 aliphatic rings. The van der Waals surface area contributed by atoms with Gasteiger partial charge in [0.2, 0.25) is 0 Å². The van der Waals surface area contributed by atoms with Crippen LogP contribution in [0.3, 0.4) is 0 Å². The van der Waals surface area contributed by atoms with Crippen molar-refractivity contribution in [3.05, 3.63) is 72.8 Å². The summed E-state index contributed by atoms with van der Waals surface area (Å²) < 4.78 is 7.81. The number of para-hydroxylation sites is 1. The van der Waals surface area contributed by atoms with Crippen LogP contribution in [0.2, 0.25) is 0 Å². The number of nitrogens with zero attached hydrogens (tertiary/aromatic N) is 5. The highest BCUT2D eigenvalue weighted by Crippen LogP contribution is 2.35. The fraction of sp³-hybridized carbons (Fsp3) is 0.160. The van der Waals surface area contributed by atoms with E-state index in [1.54, 1.807) is 42.2 Å². The molecule has 10 nitrogen and oxygen atoms in total. The van der Waals surface area contributed by atoms with Gasteiger partial charge in [-0.05, 0) is 42.3 Å². The second-order valence-electron chi connectivity index (χ2n) is 8.29. The Morgan fingerprint density at radius 3 is 2.63 bits per heavy atom. The highest BCUT2D eigenvalue weighted by atomic mass is 16.5. The van der Waals surface area contributed by atoms with E-state index in [2.05, 4.69) is 49.7 Å². The number of carbonyl (C=O) groups excluding carboxylic acids is 1. The molecule has 0 aliphatic heterocycles. The van der Waals surface area contributed by atoms with Gasteiger partial charge in [-0.3, -0.25) is 15.1 Å². The summed E-state index contributed by atoms with van der Waals surface area (Å²) in [6.07, 6.45) is 3.19. The molecule has 176 valence electrons. The third kappa shape index (κ3) is 4.67. The summed E-state index contributed by atoms with van der Waals surface area (Å²) >= 11 is 0. The maximum atomic E-state index is 12.5. The van der Waals surface area contributed by atoms with Crippen LogP contribution in [0.1, 0.15) is 25.5 Å². The zero-order chi connectivity index (χ0) is 24.4. The standard InChI is InChI=1S/C25H24N8O2/c1-15(2)20-12-22(33(3)32-20)30-25(34)29-16-8-10-17(11-9-16)35-21-7-5-4-6-18(21)23-19-13-28-31-24(19)27-14-26-23/h4-15H,1-3H3,(H2,29,30,34)(H,26,27,28,31). The molecule has 0 unspecified atom stereocenters. The first-order valence-electron chi connectivity index (χ1n) is 11.1. The van der Waals surface area contributed by atoms with E-state index in [0.29, 0.717) is 28.7 Å². The number of anilines is 2. The van der Waals surface area contributed by atoms with Crippen molar-refractivity contribution >= 4 is 28.6 Å². The quantitative estimate of drug-likeness (QED) is 0.310. The van der Waals surface area contributed by atoms with Crippen molar-refractivity contribution in [3.63, 3.8) is 0 Å². The van der Waals surface area contributed by atoms with E-state index < -0.39 is 0 Å². The van der Waals surface area contributed by atoms with Crippen LogP contribution in [-0.4, -0.2) is 36.0 Å². The van der Waals surface area contributed by atoms with E-state index in [1.807, 2.05) is 30.3 Å². The molecule has 0 radical (unpaired) electrons. The Hall–Kier alpha value is -4.73. The van der Waals surface area contributed by atoms with Gasteiger partial charge in [0.1, 0.15) is 23.6 Å². The summed E-state index contributed by atoms with van der Waals surface area (Å²) in [7, 11) is 1.80. The molecule has 0 aliphatic carbocycles. The van der Waals surface area contributed by atoms with Gasteiger partial charge in [-0.25, -0.2) is 14.8 Å². The number of H-pyrrole nitrogens is 1. The number of fused-ring (bicyclic) bond motifs is 1. The number of urea groups is 1. The monoisotopic (exact) mass is 468 g/mol. The van der Waals surface area contributed by atoms with E-state index in [0.717, 1.165) is 22.3 Å². The molecule has 0 atom stereocenters. The molecule has 2 amide bonds. The first kappa shape index (κ1) is 22.1. The minimum Gasteiger partial charge on any atom is -0.457 e. The molecule has 0 bridgehead atoms. The van der Waals surface area contributed by atoms with Crippen LogP contribution in [0.15, 0.2) is 67.1 Å². The summed E-state index contributed by atoms with van der Waals surface area (Å²) in [6.45, 7) is 4.11. The largest absolute Gasteiger partial charge is 0.457 e. The van der Waals surface area contributed by atoms with Gasteiger partial charge in [0.05, 0.1) is 23.0 Å². The summed E-state index contributed by atoms with van der Waals surface area (Å²) in [4.78, 5) is 21.1. The lowest BCUT2D eigenvalue weighted by atomic mass is 10.1. The summed E-state index contributed by atoms with van der Waals surface area (Å²) in [6, 6.07) is 16.3. The van der Waals surface area contributed by atoms with E-state index >= 15 is 0 Å². The number of aromatic nitrogens is 6. The third-order valence-electron chi connectivity index (χ3n) is 5.46. The van der Waals surface area contributed by atoms with Crippen molar-refractivity contribution < 1.29 is 9.53 Å². The zero-order valence-corrected chi connectivity index (χ0v) is 19.5. The van der Waals surface area contributed by atoms with E-state index in [4.69, 9.17) is 4.74 Å². The van der Waals surface area contributed by atoms with Crippen LogP contribution in [0.4, 0.5) is 16.3 Å². The van der Waals surface area contributed by atoms with Crippen LogP contribution in [0, 0.1) is 0 Å². The number of amides is 2. The molecule has 0 saturated carbocycles. The Kier molecular flexibility index (Phi) is 5.84. The Bertz CT molecular complexity index is 1490. The molecule has 0 saturated heterocycles. The summed E-state index contributed by atoms with van der Waals surface area (Å²) in [5.74, 6) is 2.16. The molecule has 2 aromatic carbocycles. The summed E-state index contributed by atoms with van der Waals surface area (Å²) in [5, 5.41) is 17.8. The lowest BCUT2D eigenvalue weighted by Gasteiger charge is -2.12. The molecule has 35 heavy (non-hydrogen) atoms. The fourth-order valence-electron chi connectivity index (χ4n) is 3.63. The molecule has 0 fully saturated rings. The zero-order valence-electron chi connectivity index (χ0n) is 19.5. The van der Waals surface area contributed by atoms with Crippen LogP contribution in [0.25, 0.3) is 22.3 Å². The number of aromatic amines is 1. The number of carbonyl (C=O) groups is 1. The smallest absolute Gasteiger partial charge is 0.324 e. The van der Waals surface area contributed by atoms with E-state index in [9.17, 15) is 4.79 Å². The molecule has 5 rings (SSSR count). The van der Waals surface area contributed by atoms with Crippen LogP contribution in [0.5, 0.6) is 11.5 Å². The van der Waals surface area contributed by atoms with Gasteiger partial charge in [0.15, 0.2) is 5.65 Å². The molecule has 5 aromatic rings. The van der Waals surface area contributed by atoms with Crippen molar-refractivity contribution in [2.45, 2.75) is 19.8 Å². The fourth-order valence-corrected chi connectivity index (χ4v) is 3.63. The first-order valence-corrected chi connectivity index (χ1v) is 11.1. The van der Waals surface area contributed by atoms with Crippen molar-refractivity contribution in [2.75, 3.05) is 10.6 Å². The molecule has 3 aromatic heterocycles. The van der Waals surface area contributed by atoms with Crippen LogP contribution in [-0.2, 0) is 7.05 Å². The van der Waals surface area contributed by atoms with Gasteiger partial charge in [-0.15, -0.1) is 0 Å². The molecule has 0 spiro atoms. The van der Waals surface area contributed by atoms with Crippen LogP contribution < -0.4 is 15.4 Å². The van der Waals surface area contributed by atoms with Gasteiger partial charge in [-0.2, -0.15) is 10.2 Å². The lowest BCUT2D eigenvalue weighted by Crippen LogP contribution is -2.20. The number of nitrogens with one attached hydrogen (secondary N) is 3. The van der Waals surface area contributed by atoms with Crippen molar-refractivity contribution in [1.29, 1.82) is 0 Å². The number of hydrogen-bond acceptors (Lipinski definition) is 6.